The molecule has 0 saturated carbocycles. The topological polar surface area (TPSA) is 12.0 Å². The molecule has 2 rings (SSSR count). The molecule has 1 heterocycles. The van der Waals surface area contributed by atoms with Gasteiger partial charge in [0.1, 0.15) is 5.82 Å². The second-order valence-electron chi connectivity index (χ2n) is 4.61. The van der Waals surface area contributed by atoms with Crippen LogP contribution >= 0.6 is 38.9 Å². The maximum absolute atomic E-state index is 14.4. The maximum atomic E-state index is 14.4. The largest absolute Gasteiger partial charge is 0.310 e. The van der Waals surface area contributed by atoms with Crippen molar-refractivity contribution >= 4 is 38.9 Å². The van der Waals surface area contributed by atoms with Crippen molar-refractivity contribution in [3.8, 4) is 0 Å². The molecule has 1 nitrogen and oxygen atoms in total. The molecule has 0 fully saturated rings. The molecule has 20 heavy (non-hydrogen) atoms. The summed E-state index contributed by atoms with van der Waals surface area (Å²) in [4.78, 5) is 0. The summed E-state index contributed by atoms with van der Waals surface area (Å²) >= 11 is 10.9. The lowest BCUT2D eigenvalue weighted by Crippen LogP contribution is -2.25. The maximum Gasteiger partial charge on any atom is 0.147 e. The lowest BCUT2D eigenvalue weighted by atomic mass is 10.00. The van der Waals surface area contributed by atoms with E-state index in [1.165, 1.54) is 5.56 Å². The molecule has 0 aliphatic heterocycles. The van der Waals surface area contributed by atoms with E-state index in [4.69, 9.17) is 11.6 Å². The fourth-order valence-corrected chi connectivity index (χ4v) is 3.22. The molecule has 1 aromatic heterocycles. The first-order chi connectivity index (χ1) is 9.63. The van der Waals surface area contributed by atoms with Crippen LogP contribution in [0.3, 0.4) is 0 Å². The third kappa shape index (κ3) is 3.82. The van der Waals surface area contributed by atoms with Gasteiger partial charge in [-0.05, 0) is 63.8 Å². The minimum absolute atomic E-state index is 0.0600. The quantitative estimate of drug-likeness (QED) is 0.648. The fraction of sp³-hybridized carbons (Fsp3) is 0.333. The first-order valence-electron chi connectivity index (χ1n) is 6.51. The van der Waals surface area contributed by atoms with E-state index in [-0.39, 0.29) is 16.9 Å². The van der Waals surface area contributed by atoms with Gasteiger partial charge in [0.25, 0.3) is 0 Å². The Balaban J connectivity index is 2.28. The summed E-state index contributed by atoms with van der Waals surface area (Å²) in [6.07, 6.45) is 1.77. The van der Waals surface area contributed by atoms with Gasteiger partial charge < -0.3 is 5.32 Å². The van der Waals surface area contributed by atoms with Crippen LogP contribution in [0.1, 0.15) is 30.5 Å². The van der Waals surface area contributed by atoms with Crippen LogP contribution in [0.2, 0.25) is 5.02 Å². The predicted molar refractivity (Wildman–Crippen MR) is 88.2 cm³/mol. The van der Waals surface area contributed by atoms with Gasteiger partial charge in [0.2, 0.25) is 0 Å². The standard InChI is InChI=1S/C15H16BrClFNS/c1-2-6-19-13(8-10-5-7-20-9-10)11-3-4-12(16)14(17)15(11)18/h3-5,7,9,13,19H,2,6,8H2,1H3. The average molecular weight is 377 g/mol. The Hall–Kier alpha value is -0.420. The summed E-state index contributed by atoms with van der Waals surface area (Å²) in [5.41, 5.74) is 1.83. The first-order valence-corrected chi connectivity index (χ1v) is 8.62. The van der Waals surface area contributed by atoms with E-state index in [0.29, 0.717) is 10.0 Å². The molecule has 1 aromatic carbocycles. The fourth-order valence-electron chi connectivity index (χ4n) is 2.07. The van der Waals surface area contributed by atoms with Gasteiger partial charge in [-0.25, -0.2) is 4.39 Å². The molecule has 1 atom stereocenters. The van der Waals surface area contributed by atoms with E-state index in [9.17, 15) is 4.39 Å². The normalized spacial score (nSPS) is 12.6. The molecule has 1 N–H and O–H groups in total. The van der Waals surface area contributed by atoms with Crippen molar-refractivity contribution in [3.05, 3.63) is 55.4 Å². The van der Waals surface area contributed by atoms with Crippen LogP contribution in [0, 0.1) is 5.82 Å². The Bertz CT molecular complexity index is 559. The molecule has 0 bridgehead atoms. The molecule has 2 aromatic rings. The number of benzene rings is 1. The highest BCUT2D eigenvalue weighted by Gasteiger charge is 2.19. The highest BCUT2D eigenvalue weighted by Crippen LogP contribution is 2.31. The van der Waals surface area contributed by atoms with E-state index in [0.717, 1.165) is 19.4 Å². The first kappa shape index (κ1) is 16.0. The highest BCUT2D eigenvalue weighted by molar-refractivity contribution is 9.10. The number of rotatable bonds is 6. The van der Waals surface area contributed by atoms with E-state index in [1.54, 1.807) is 23.5 Å². The summed E-state index contributed by atoms with van der Waals surface area (Å²) < 4.78 is 15.0. The van der Waals surface area contributed by atoms with Crippen molar-refractivity contribution in [2.24, 2.45) is 0 Å². The Morgan fingerprint density at radius 3 is 2.85 bits per heavy atom. The van der Waals surface area contributed by atoms with Crippen LogP contribution in [0.25, 0.3) is 0 Å². The average Bonchev–Trinajstić information content (AvgIpc) is 2.94. The molecule has 0 aliphatic rings. The van der Waals surface area contributed by atoms with Gasteiger partial charge in [-0.1, -0.05) is 24.6 Å². The minimum Gasteiger partial charge on any atom is -0.310 e. The number of halogens is 3. The Kier molecular flexibility index (Phi) is 6.02. The molecular formula is C15H16BrClFNS. The molecule has 108 valence electrons. The molecule has 1 unspecified atom stereocenters. The highest BCUT2D eigenvalue weighted by atomic mass is 79.9. The smallest absolute Gasteiger partial charge is 0.147 e. The zero-order valence-electron chi connectivity index (χ0n) is 11.1. The van der Waals surface area contributed by atoms with Gasteiger partial charge in [-0.3, -0.25) is 0 Å². The van der Waals surface area contributed by atoms with Gasteiger partial charge in [-0.15, -0.1) is 0 Å². The van der Waals surface area contributed by atoms with Gasteiger partial charge in [-0.2, -0.15) is 11.3 Å². The SMILES string of the molecule is CCCNC(Cc1ccsc1)c1ccc(Br)c(Cl)c1F. The predicted octanol–water partition coefficient (Wildman–Crippen LogP) is 5.59. The van der Waals surface area contributed by atoms with Crippen molar-refractivity contribution in [2.45, 2.75) is 25.8 Å². The number of hydrogen-bond acceptors (Lipinski definition) is 2. The van der Waals surface area contributed by atoms with Crippen LogP contribution in [-0.4, -0.2) is 6.54 Å². The van der Waals surface area contributed by atoms with Crippen molar-refractivity contribution in [1.29, 1.82) is 0 Å². The third-order valence-electron chi connectivity index (χ3n) is 3.10. The number of thiophene rings is 1. The Morgan fingerprint density at radius 1 is 1.40 bits per heavy atom. The van der Waals surface area contributed by atoms with Crippen LogP contribution in [0.15, 0.2) is 33.4 Å². The second kappa shape index (κ2) is 7.55. The van der Waals surface area contributed by atoms with Gasteiger partial charge >= 0.3 is 0 Å². The summed E-state index contributed by atoms with van der Waals surface area (Å²) in [5.74, 6) is -0.343. The van der Waals surface area contributed by atoms with Crippen molar-refractivity contribution in [1.82, 2.24) is 5.32 Å². The molecular weight excluding hydrogens is 361 g/mol. The van der Waals surface area contributed by atoms with Gasteiger partial charge in [0.05, 0.1) is 5.02 Å². The van der Waals surface area contributed by atoms with Crippen molar-refractivity contribution < 1.29 is 4.39 Å². The molecule has 0 aliphatic carbocycles. The van der Waals surface area contributed by atoms with Crippen molar-refractivity contribution in [2.75, 3.05) is 6.54 Å². The number of hydrogen-bond donors (Lipinski definition) is 1. The van der Waals surface area contributed by atoms with E-state index in [2.05, 4.69) is 39.6 Å². The zero-order chi connectivity index (χ0) is 14.5. The minimum atomic E-state index is -0.343. The third-order valence-corrected chi connectivity index (χ3v) is 5.09. The summed E-state index contributed by atoms with van der Waals surface area (Å²) in [6, 6.07) is 5.61. The molecule has 0 amide bonds. The lowest BCUT2D eigenvalue weighted by Gasteiger charge is -2.20. The molecule has 5 heteroatoms. The second-order valence-corrected chi connectivity index (χ2v) is 6.62. The van der Waals surface area contributed by atoms with E-state index >= 15 is 0 Å². The lowest BCUT2D eigenvalue weighted by molar-refractivity contribution is 0.497. The molecule has 0 spiro atoms. The summed E-state index contributed by atoms with van der Waals surface area (Å²) in [6.45, 7) is 2.95. The van der Waals surface area contributed by atoms with Gasteiger partial charge in [0.15, 0.2) is 0 Å². The van der Waals surface area contributed by atoms with Crippen molar-refractivity contribution in [3.63, 3.8) is 0 Å². The van der Waals surface area contributed by atoms with E-state index < -0.39 is 0 Å². The summed E-state index contributed by atoms with van der Waals surface area (Å²) in [5, 5.41) is 7.69. The molecule has 0 saturated heterocycles. The Labute approximate surface area is 136 Å². The Morgan fingerprint density at radius 2 is 2.20 bits per heavy atom. The zero-order valence-corrected chi connectivity index (χ0v) is 14.3. The van der Waals surface area contributed by atoms with Crippen LogP contribution in [0.5, 0.6) is 0 Å². The van der Waals surface area contributed by atoms with Crippen LogP contribution in [0.4, 0.5) is 4.39 Å². The van der Waals surface area contributed by atoms with Gasteiger partial charge in [0, 0.05) is 16.1 Å². The van der Waals surface area contributed by atoms with E-state index in [1.807, 2.05) is 5.38 Å². The van der Waals surface area contributed by atoms with Crippen LogP contribution < -0.4 is 5.32 Å². The molecule has 0 radical (unpaired) electrons. The summed E-state index contributed by atoms with van der Waals surface area (Å²) in [7, 11) is 0. The van der Waals surface area contributed by atoms with Crippen LogP contribution in [-0.2, 0) is 6.42 Å². The number of nitrogens with one attached hydrogen (secondary N) is 1. The monoisotopic (exact) mass is 375 g/mol.